The summed E-state index contributed by atoms with van der Waals surface area (Å²) in [5.74, 6) is -1.25. The fraction of sp³-hybridized carbons (Fsp3) is 0.368. The average Bonchev–Trinajstić information content (AvgIpc) is 2.62. The molecule has 0 bridgehead atoms. The van der Waals surface area contributed by atoms with Gasteiger partial charge in [-0.3, -0.25) is 23.9 Å². The van der Waals surface area contributed by atoms with E-state index in [4.69, 9.17) is 5.73 Å². The van der Waals surface area contributed by atoms with Crippen LogP contribution in [0.3, 0.4) is 0 Å². The summed E-state index contributed by atoms with van der Waals surface area (Å²) in [7, 11) is -3.19. The molecule has 0 aliphatic carbocycles. The summed E-state index contributed by atoms with van der Waals surface area (Å²) in [5.41, 5.74) is 5.90. The van der Waals surface area contributed by atoms with Crippen LogP contribution in [0.15, 0.2) is 35.6 Å². The molecule has 1 unspecified atom stereocenters. The van der Waals surface area contributed by atoms with Crippen LogP contribution in [-0.2, 0) is 5.54 Å². The highest BCUT2D eigenvalue weighted by Gasteiger charge is 2.49. The van der Waals surface area contributed by atoms with Gasteiger partial charge < -0.3 is 11.1 Å². The molecule has 0 saturated heterocycles. The van der Waals surface area contributed by atoms with Gasteiger partial charge in [-0.1, -0.05) is 0 Å². The first-order valence-corrected chi connectivity index (χ1v) is 10.6. The molecule has 1 atom stereocenters. The SMILES string of the molecule is Cc1cnc(C(=O)Nc2ccc(F)c(C3(C)CS(O)(O)C(C)(C)C(N)=N3)c2)cn1. The number of carbonyl (C=O) groups is 1. The zero-order valence-electron chi connectivity index (χ0n) is 16.6. The van der Waals surface area contributed by atoms with Crippen LogP contribution < -0.4 is 11.1 Å². The number of carbonyl (C=O) groups excluding carboxylic acids is 1. The number of aliphatic imine (C=N–C) groups is 1. The van der Waals surface area contributed by atoms with E-state index in [9.17, 15) is 18.3 Å². The minimum Gasteiger partial charge on any atom is -0.386 e. The Bertz CT molecular complexity index is 994. The van der Waals surface area contributed by atoms with Gasteiger partial charge >= 0.3 is 0 Å². The zero-order chi connectivity index (χ0) is 21.6. The van der Waals surface area contributed by atoms with Crippen LogP contribution in [0, 0.1) is 12.7 Å². The fourth-order valence-corrected chi connectivity index (χ4v) is 4.78. The van der Waals surface area contributed by atoms with Crippen LogP contribution in [-0.4, -0.2) is 41.3 Å². The summed E-state index contributed by atoms with van der Waals surface area (Å²) in [6, 6.07) is 4.01. The summed E-state index contributed by atoms with van der Waals surface area (Å²) in [6.07, 6.45) is 2.82. The molecule has 3 rings (SSSR count). The van der Waals surface area contributed by atoms with Crippen molar-refractivity contribution in [3.05, 3.63) is 53.4 Å². The van der Waals surface area contributed by atoms with Gasteiger partial charge in [0.05, 0.1) is 17.6 Å². The molecule has 2 heterocycles. The number of rotatable bonds is 3. The molecule has 1 aliphatic heterocycles. The van der Waals surface area contributed by atoms with Gasteiger partial charge in [0, 0.05) is 17.4 Å². The number of hydrogen-bond donors (Lipinski definition) is 4. The van der Waals surface area contributed by atoms with Crippen molar-refractivity contribution in [3.8, 4) is 0 Å². The second kappa shape index (κ2) is 7.05. The number of amidine groups is 1. The summed E-state index contributed by atoms with van der Waals surface area (Å²) in [6.45, 7) is 6.52. The number of hydrogen-bond acceptors (Lipinski definition) is 7. The molecule has 5 N–H and O–H groups in total. The Hall–Kier alpha value is -2.56. The lowest BCUT2D eigenvalue weighted by molar-refractivity contribution is 0.102. The lowest BCUT2D eigenvalue weighted by Crippen LogP contribution is -2.52. The number of aryl methyl sites for hydroxylation is 1. The van der Waals surface area contributed by atoms with Crippen molar-refractivity contribution in [2.45, 2.75) is 38.0 Å². The third kappa shape index (κ3) is 3.83. The summed E-state index contributed by atoms with van der Waals surface area (Å²) < 4.78 is 34.8. The number of amides is 1. The monoisotopic (exact) mass is 421 g/mol. The first kappa shape index (κ1) is 21.2. The fourth-order valence-electron chi connectivity index (χ4n) is 3.03. The lowest BCUT2D eigenvalue weighted by Gasteiger charge is -2.53. The van der Waals surface area contributed by atoms with E-state index >= 15 is 0 Å². The van der Waals surface area contributed by atoms with E-state index in [1.54, 1.807) is 27.7 Å². The average molecular weight is 421 g/mol. The zero-order valence-corrected chi connectivity index (χ0v) is 17.4. The molecule has 10 heteroatoms. The summed E-state index contributed by atoms with van der Waals surface area (Å²) >= 11 is 0. The molecule has 0 radical (unpaired) electrons. The molecule has 1 aromatic heterocycles. The normalized spacial score (nSPS) is 23.8. The third-order valence-corrected chi connectivity index (χ3v) is 7.91. The van der Waals surface area contributed by atoms with Crippen molar-refractivity contribution in [2.75, 3.05) is 11.1 Å². The Morgan fingerprint density at radius 1 is 1.24 bits per heavy atom. The van der Waals surface area contributed by atoms with Gasteiger partial charge in [0.15, 0.2) is 0 Å². The predicted molar refractivity (Wildman–Crippen MR) is 112 cm³/mol. The van der Waals surface area contributed by atoms with Crippen LogP contribution in [0.25, 0.3) is 0 Å². The second-order valence-electron chi connectivity index (χ2n) is 7.78. The Morgan fingerprint density at radius 3 is 2.52 bits per heavy atom. The predicted octanol–water partition coefficient (Wildman–Crippen LogP) is 3.29. The van der Waals surface area contributed by atoms with Crippen molar-refractivity contribution < 1.29 is 18.3 Å². The summed E-state index contributed by atoms with van der Waals surface area (Å²) in [4.78, 5) is 24.8. The molecule has 156 valence electrons. The Labute approximate surface area is 169 Å². The van der Waals surface area contributed by atoms with Crippen molar-refractivity contribution in [2.24, 2.45) is 10.7 Å². The molecule has 0 saturated carbocycles. The van der Waals surface area contributed by atoms with Gasteiger partial charge in [-0.25, -0.2) is 9.37 Å². The van der Waals surface area contributed by atoms with Crippen molar-refractivity contribution in [3.63, 3.8) is 0 Å². The minimum atomic E-state index is -3.19. The highest BCUT2D eigenvalue weighted by atomic mass is 32.3. The smallest absolute Gasteiger partial charge is 0.275 e. The number of anilines is 1. The van der Waals surface area contributed by atoms with Crippen molar-refractivity contribution >= 4 is 28.0 Å². The highest BCUT2D eigenvalue weighted by molar-refractivity contribution is 8.26. The molecular formula is C19H24FN5O3S. The van der Waals surface area contributed by atoms with E-state index in [-0.39, 0.29) is 22.8 Å². The first-order chi connectivity index (χ1) is 13.4. The minimum absolute atomic E-state index is 0.0371. The molecule has 1 aliphatic rings. The molecule has 2 aromatic rings. The van der Waals surface area contributed by atoms with E-state index in [0.29, 0.717) is 11.4 Å². The molecule has 1 amide bonds. The van der Waals surface area contributed by atoms with E-state index in [2.05, 4.69) is 20.3 Å². The van der Waals surface area contributed by atoms with Gasteiger partial charge in [-0.05, 0) is 45.9 Å². The highest BCUT2D eigenvalue weighted by Crippen LogP contribution is 2.59. The third-order valence-electron chi connectivity index (χ3n) is 5.10. The Kier molecular flexibility index (Phi) is 5.14. The second-order valence-corrected chi connectivity index (χ2v) is 10.4. The molecule has 29 heavy (non-hydrogen) atoms. The number of nitrogens with zero attached hydrogens (tertiary/aromatic N) is 3. The largest absolute Gasteiger partial charge is 0.386 e. The van der Waals surface area contributed by atoms with Crippen LogP contribution in [0.1, 0.15) is 42.5 Å². The molecule has 0 fully saturated rings. The van der Waals surface area contributed by atoms with Gasteiger partial charge in [-0.2, -0.15) is 10.6 Å². The maximum absolute atomic E-state index is 14.7. The van der Waals surface area contributed by atoms with Gasteiger partial charge in [0.25, 0.3) is 5.91 Å². The maximum Gasteiger partial charge on any atom is 0.275 e. The Balaban J connectivity index is 1.96. The number of aromatic nitrogens is 2. The van der Waals surface area contributed by atoms with Gasteiger partial charge in [0.1, 0.15) is 27.6 Å². The molecule has 1 aromatic carbocycles. The van der Waals surface area contributed by atoms with Crippen LogP contribution in [0.2, 0.25) is 0 Å². The standard InChI is InChI=1S/C19H24FN5O3S/c1-11-8-23-15(9-22-11)16(26)24-12-5-6-14(20)13(7-12)19(4)10-29(27,28)18(2,3)17(21)25-19/h5-9,27-28H,10H2,1-4H3,(H2,21,25)(H,24,26). The number of halogens is 1. The number of nitrogens with two attached hydrogens (primary N) is 1. The number of benzene rings is 1. The van der Waals surface area contributed by atoms with Crippen molar-refractivity contribution in [1.82, 2.24) is 9.97 Å². The summed E-state index contributed by atoms with van der Waals surface area (Å²) in [5, 5.41) is 2.64. The molecular weight excluding hydrogens is 397 g/mol. The van der Waals surface area contributed by atoms with Crippen molar-refractivity contribution in [1.29, 1.82) is 0 Å². The van der Waals surface area contributed by atoms with Crippen LogP contribution in [0.5, 0.6) is 0 Å². The molecule has 0 spiro atoms. The molecule has 8 nitrogen and oxygen atoms in total. The first-order valence-electron chi connectivity index (χ1n) is 8.87. The topological polar surface area (TPSA) is 134 Å². The van der Waals surface area contributed by atoms with E-state index in [1.165, 1.54) is 30.6 Å². The van der Waals surface area contributed by atoms with E-state index in [0.717, 1.165) is 0 Å². The van der Waals surface area contributed by atoms with Crippen LogP contribution in [0.4, 0.5) is 10.1 Å². The maximum atomic E-state index is 14.7. The van der Waals surface area contributed by atoms with E-state index < -0.39 is 32.6 Å². The quantitative estimate of drug-likeness (QED) is 0.601. The number of nitrogens with one attached hydrogen (secondary N) is 1. The Morgan fingerprint density at radius 2 is 1.93 bits per heavy atom. The lowest BCUT2D eigenvalue weighted by atomic mass is 9.92. The van der Waals surface area contributed by atoms with E-state index in [1.807, 2.05) is 0 Å². The van der Waals surface area contributed by atoms with Gasteiger partial charge in [-0.15, -0.1) is 0 Å². The van der Waals surface area contributed by atoms with Gasteiger partial charge in [0.2, 0.25) is 0 Å². The van der Waals surface area contributed by atoms with Crippen LogP contribution >= 0.6 is 10.6 Å².